The molecule has 0 radical (unpaired) electrons. The van der Waals surface area contributed by atoms with Crippen LogP contribution in [0.5, 0.6) is 0 Å². The van der Waals surface area contributed by atoms with Crippen LogP contribution in [0.2, 0.25) is 0 Å². The Bertz CT molecular complexity index is 1070. The summed E-state index contributed by atoms with van der Waals surface area (Å²) in [5, 5.41) is 15.4. The molecule has 0 spiro atoms. The molecule has 4 aliphatic carbocycles. The zero-order valence-corrected chi connectivity index (χ0v) is 23.3. The first kappa shape index (κ1) is 26.5. The van der Waals surface area contributed by atoms with E-state index in [4.69, 9.17) is 4.74 Å². The standard InChI is InChI=1S/C32H45NO4/c1-20(2)32(36)18-27-25-12-11-23-17-24(37-21(3)34)13-15-30(23,4)26(25)14-16-31(27,5)28(32)19-33-29(35)22-9-7-6-8-10-22/h6-11,20,24-28,36H,12-19H2,1-5H3,(H,33,35)/t24-,25+,26-,27-,28+,30-,31-,32+/m0/s1. The second-order valence-corrected chi connectivity index (χ2v) is 13.3. The molecule has 0 bridgehead atoms. The van der Waals surface area contributed by atoms with Gasteiger partial charge in [-0.25, -0.2) is 0 Å². The van der Waals surface area contributed by atoms with Gasteiger partial charge in [0.15, 0.2) is 0 Å². The van der Waals surface area contributed by atoms with Gasteiger partial charge in [-0.1, -0.05) is 57.5 Å². The van der Waals surface area contributed by atoms with E-state index in [0.29, 0.717) is 29.9 Å². The number of hydrogen-bond acceptors (Lipinski definition) is 4. The van der Waals surface area contributed by atoms with E-state index >= 15 is 0 Å². The number of esters is 1. The quantitative estimate of drug-likeness (QED) is 0.383. The molecular weight excluding hydrogens is 462 g/mol. The van der Waals surface area contributed by atoms with E-state index in [1.165, 1.54) is 12.5 Å². The molecule has 5 nitrogen and oxygen atoms in total. The Balaban J connectivity index is 1.39. The van der Waals surface area contributed by atoms with Crippen LogP contribution in [0, 0.1) is 40.4 Å². The Labute approximate surface area is 222 Å². The summed E-state index contributed by atoms with van der Waals surface area (Å²) in [6.45, 7) is 11.1. The van der Waals surface area contributed by atoms with Crippen LogP contribution >= 0.6 is 0 Å². The molecule has 3 fully saturated rings. The highest BCUT2D eigenvalue weighted by molar-refractivity contribution is 5.94. The molecule has 1 amide bonds. The zero-order valence-electron chi connectivity index (χ0n) is 23.3. The average molecular weight is 508 g/mol. The van der Waals surface area contributed by atoms with Gasteiger partial charge < -0.3 is 15.2 Å². The topological polar surface area (TPSA) is 75.6 Å². The number of rotatable bonds is 5. The highest BCUT2D eigenvalue weighted by Gasteiger charge is 2.65. The summed E-state index contributed by atoms with van der Waals surface area (Å²) in [6, 6.07) is 9.38. The first-order chi connectivity index (χ1) is 17.5. The Kier molecular flexibility index (Phi) is 6.83. The minimum atomic E-state index is -0.795. The highest BCUT2D eigenvalue weighted by atomic mass is 16.5. The Morgan fingerprint density at radius 2 is 1.84 bits per heavy atom. The fourth-order valence-electron chi connectivity index (χ4n) is 9.13. The zero-order chi connectivity index (χ0) is 26.6. The largest absolute Gasteiger partial charge is 0.462 e. The molecule has 2 N–H and O–H groups in total. The van der Waals surface area contributed by atoms with Crippen molar-refractivity contribution in [2.75, 3.05) is 6.54 Å². The van der Waals surface area contributed by atoms with E-state index in [0.717, 1.165) is 44.9 Å². The first-order valence-corrected chi connectivity index (χ1v) is 14.4. The van der Waals surface area contributed by atoms with E-state index in [9.17, 15) is 14.7 Å². The fraction of sp³-hybridized carbons (Fsp3) is 0.688. The van der Waals surface area contributed by atoms with Gasteiger partial charge in [-0.3, -0.25) is 9.59 Å². The Morgan fingerprint density at radius 3 is 2.51 bits per heavy atom. The van der Waals surface area contributed by atoms with E-state index < -0.39 is 5.60 Å². The van der Waals surface area contributed by atoms with Gasteiger partial charge in [0.05, 0.1) is 5.60 Å². The van der Waals surface area contributed by atoms with Crippen LogP contribution < -0.4 is 5.32 Å². The Hall–Kier alpha value is -2.14. The number of ether oxygens (including phenoxy) is 1. The molecule has 8 atom stereocenters. The van der Waals surface area contributed by atoms with Gasteiger partial charge >= 0.3 is 5.97 Å². The average Bonchev–Trinajstić information content (AvgIpc) is 3.10. The number of benzene rings is 1. The van der Waals surface area contributed by atoms with Gasteiger partial charge in [0.1, 0.15) is 6.10 Å². The third kappa shape index (κ3) is 4.35. The van der Waals surface area contributed by atoms with Crippen LogP contribution in [0.15, 0.2) is 42.0 Å². The maximum absolute atomic E-state index is 12.9. The first-order valence-electron chi connectivity index (χ1n) is 14.4. The highest BCUT2D eigenvalue weighted by Crippen LogP contribution is 2.68. The number of nitrogens with one attached hydrogen (secondary N) is 1. The van der Waals surface area contributed by atoms with E-state index in [1.54, 1.807) is 0 Å². The monoisotopic (exact) mass is 507 g/mol. The summed E-state index contributed by atoms with van der Waals surface area (Å²) < 4.78 is 5.61. The third-order valence-corrected chi connectivity index (χ3v) is 11.3. The van der Waals surface area contributed by atoms with Gasteiger partial charge in [-0.05, 0) is 85.2 Å². The van der Waals surface area contributed by atoms with Crippen LogP contribution in [0.1, 0.15) is 89.9 Å². The third-order valence-electron chi connectivity index (χ3n) is 11.3. The predicted molar refractivity (Wildman–Crippen MR) is 145 cm³/mol. The lowest BCUT2D eigenvalue weighted by molar-refractivity contribution is -0.148. The number of fused-ring (bicyclic) bond motifs is 5. The number of amides is 1. The second kappa shape index (κ2) is 9.55. The van der Waals surface area contributed by atoms with Crippen LogP contribution in [-0.4, -0.2) is 35.2 Å². The molecule has 5 rings (SSSR count). The summed E-state index contributed by atoms with van der Waals surface area (Å²) in [4.78, 5) is 24.5. The number of allylic oxidation sites excluding steroid dienone is 1. The minimum absolute atomic E-state index is 0.0114. The van der Waals surface area contributed by atoms with Crippen molar-refractivity contribution in [3.05, 3.63) is 47.5 Å². The second-order valence-electron chi connectivity index (χ2n) is 13.3. The van der Waals surface area contributed by atoms with Gasteiger partial charge in [0.25, 0.3) is 5.91 Å². The lowest BCUT2D eigenvalue weighted by Gasteiger charge is -2.58. The Morgan fingerprint density at radius 1 is 1.11 bits per heavy atom. The van der Waals surface area contributed by atoms with Crippen LogP contribution in [0.3, 0.4) is 0 Å². The fourth-order valence-corrected chi connectivity index (χ4v) is 9.13. The molecule has 0 saturated heterocycles. The minimum Gasteiger partial charge on any atom is -0.462 e. The molecule has 37 heavy (non-hydrogen) atoms. The van der Waals surface area contributed by atoms with Crippen LogP contribution in [0.25, 0.3) is 0 Å². The molecule has 202 valence electrons. The summed E-state index contributed by atoms with van der Waals surface area (Å²) >= 11 is 0. The molecule has 4 aliphatic rings. The number of carbonyl (C=O) groups excluding carboxylic acids is 2. The summed E-state index contributed by atoms with van der Waals surface area (Å²) in [5.41, 5.74) is 1.49. The normalized spacial score (nSPS) is 40.7. The molecule has 0 heterocycles. The van der Waals surface area contributed by atoms with Gasteiger partial charge in [-0.2, -0.15) is 0 Å². The number of aliphatic hydroxyl groups is 1. The van der Waals surface area contributed by atoms with Crippen LogP contribution in [0.4, 0.5) is 0 Å². The van der Waals surface area contributed by atoms with E-state index in [-0.39, 0.29) is 40.6 Å². The maximum Gasteiger partial charge on any atom is 0.302 e. The predicted octanol–water partition coefficient (Wildman–Crippen LogP) is 5.92. The molecule has 3 saturated carbocycles. The van der Waals surface area contributed by atoms with Crippen molar-refractivity contribution in [2.24, 2.45) is 40.4 Å². The lowest BCUT2D eigenvalue weighted by Crippen LogP contribution is -2.53. The van der Waals surface area contributed by atoms with E-state index in [2.05, 4.69) is 39.1 Å². The van der Waals surface area contributed by atoms with Gasteiger partial charge in [0, 0.05) is 31.4 Å². The molecule has 5 heteroatoms. The van der Waals surface area contributed by atoms with Crippen molar-refractivity contribution < 1.29 is 19.4 Å². The summed E-state index contributed by atoms with van der Waals surface area (Å²) in [5.74, 6) is 1.47. The van der Waals surface area contributed by atoms with Gasteiger partial charge in [-0.15, -0.1) is 0 Å². The van der Waals surface area contributed by atoms with Gasteiger partial charge in [0.2, 0.25) is 0 Å². The van der Waals surface area contributed by atoms with Crippen molar-refractivity contribution in [3.63, 3.8) is 0 Å². The molecular formula is C32H45NO4. The van der Waals surface area contributed by atoms with Crippen molar-refractivity contribution in [1.82, 2.24) is 5.32 Å². The summed E-state index contributed by atoms with van der Waals surface area (Å²) in [7, 11) is 0. The molecule has 0 unspecified atom stereocenters. The van der Waals surface area contributed by atoms with Crippen molar-refractivity contribution >= 4 is 11.9 Å². The molecule has 1 aromatic carbocycles. The lowest BCUT2D eigenvalue weighted by atomic mass is 9.47. The summed E-state index contributed by atoms with van der Waals surface area (Å²) in [6.07, 6.45) is 9.42. The molecule has 0 aliphatic heterocycles. The smallest absolute Gasteiger partial charge is 0.302 e. The number of carbonyl (C=O) groups is 2. The number of hydrogen-bond donors (Lipinski definition) is 2. The van der Waals surface area contributed by atoms with Crippen molar-refractivity contribution in [1.29, 1.82) is 0 Å². The molecule has 1 aromatic rings. The van der Waals surface area contributed by atoms with Crippen molar-refractivity contribution in [3.8, 4) is 0 Å². The van der Waals surface area contributed by atoms with Crippen molar-refractivity contribution in [2.45, 2.75) is 91.3 Å². The van der Waals surface area contributed by atoms with E-state index in [1.807, 2.05) is 30.3 Å². The SMILES string of the molecule is CC(=O)O[C@H]1CC[C@@]2(C)C(=CC[C@H]3[C@@H]4C[C@@](O)(C(C)C)[C@H](CNC(=O)c5ccccc5)[C@@]4(C)CC[C@@H]32)C1. The van der Waals surface area contributed by atoms with Crippen LogP contribution in [-0.2, 0) is 9.53 Å². The maximum atomic E-state index is 12.9. The molecule has 0 aromatic heterocycles.